The second kappa shape index (κ2) is 64.4. The molecule has 1 atom stereocenters. The third-order valence-electron chi connectivity index (χ3n) is 15.5. The molecular weight excluding hydrogens is 925 g/mol. The van der Waals surface area contributed by atoms with Gasteiger partial charge in [-0.3, -0.25) is 14.4 Å². The topological polar surface area (TPSA) is 78.9 Å². The predicted molar refractivity (Wildman–Crippen MR) is 326 cm³/mol. The third kappa shape index (κ3) is 62.6. The molecule has 0 radical (unpaired) electrons. The lowest BCUT2D eigenvalue weighted by molar-refractivity contribution is -0.167. The van der Waals surface area contributed by atoms with Gasteiger partial charge in [-0.05, 0) is 51.4 Å². The van der Waals surface area contributed by atoms with Crippen LogP contribution in [-0.4, -0.2) is 37.2 Å². The van der Waals surface area contributed by atoms with Crippen molar-refractivity contribution < 1.29 is 28.6 Å². The number of rotatable bonds is 63. The Labute approximate surface area is 468 Å². The normalized spacial score (nSPS) is 12.1. The van der Waals surface area contributed by atoms with Gasteiger partial charge >= 0.3 is 17.9 Å². The highest BCUT2D eigenvalue weighted by Crippen LogP contribution is 2.18. The molecule has 0 aliphatic rings. The maximum atomic E-state index is 12.9. The van der Waals surface area contributed by atoms with Crippen molar-refractivity contribution in [3.8, 4) is 0 Å². The number of hydrogen-bond donors (Lipinski definition) is 0. The van der Waals surface area contributed by atoms with E-state index in [9.17, 15) is 14.4 Å². The van der Waals surface area contributed by atoms with E-state index in [-0.39, 0.29) is 31.1 Å². The van der Waals surface area contributed by atoms with Gasteiger partial charge in [-0.2, -0.15) is 0 Å². The first kappa shape index (κ1) is 72.9. The molecule has 442 valence electrons. The van der Waals surface area contributed by atoms with Crippen molar-refractivity contribution in [1.29, 1.82) is 0 Å². The second-order valence-electron chi connectivity index (χ2n) is 23.1. The second-order valence-corrected chi connectivity index (χ2v) is 23.1. The van der Waals surface area contributed by atoms with E-state index in [1.807, 2.05) is 0 Å². The standard InChI is InChI=1S/C69H130O6/c1-4-7-10-13-16-19-22-24-26-28-30-32-33-34-35-36-37-38-40-41-43-45-47-50-53-56-59-62-68(71)74-65-66(64-73-67(70)61-58-55-52-49-21-18-15-12-9-6-3)75-69(72)63-60-57-54-51-48-46-44-42-39-31-29-27-25-23-20-17-14-11-8-5-2/h22,24,28,30,66H,4-21,23,25-27,29,31-65H2,1-3H3/b24-22-,30-28-. The van der Waals surface area contributed by atoms with Crippen molar-refractivity contribution in [3.63, 3.8) is 0 Å². The highest BCUT2D eigenvalue weighted by molar-refractivity contribution is 5.71. The molecule has 0 bridgehead atoms. The molecule has 0 aliphatic heterocycles. The van der Waals surface area contributed by atoms with Gasteiger partial charge in [0.2, 0.25) is 0 Å². The molecule has 6 heteroatoms. The molecule has 1 unspecified atom stereocenters. The molecule has 0 amide bonds. The fourth-order valence-electron chi connectivity index (χ4n) is 10.4. The highest BCUT2D eigenvalue weighted by atomic mass is 16.6. The molecular formula is C69H130O6. The summed E-state index contributed by atoms with van der Waals surface area (Å²) in [5.41, 5.74) is 0. The number of carbonyl (C=O) groups excluding carboxylic acids is 3. The zero-order valence-electron chi connectivity index (χ0n) is 50.8. The Morgan fingerprint density at radius 1 is 0.267 bits per heavy atom. The minimum atomic E-state index is -0.766. The van der Waals surface area contributed by atoms with Gasteiger partial charge in [-0.15, -0.1) is 0 Å². The van der Waals surface area contributed by atoms with Crippen LogP contribution in [-0.2, 0) is 28.6 Å². The number of hydrogen-bond acceptors (Lipinski definition) is 6. The Hall–Kier alpha value is -2.11. The minimum absolute atomic E-state index is 0.0643. The van der Waals surface area contributed by atoms with E-state index in [0.29, 0.717) is 19.3 Å². The van der Waals surface area contributed by atoms with Gasteiger partial charge in [0.25, 0.3) is 0 Å². The number of allylic oxidation sites excluding steroid dienone is 4. The van der Waals surface area contributed by atoms with Crippen molar-refractivity contribution in [1.82, 2.24) is 0 Å². The first-order valence-corrected chi connectivity index (χ1v) is 33.8. The molecule has 0 N–H and O–H groups in total. The number of ether oxygens (including phenoxy) is 3. The van der Waals surface area contributed by atoms with Crippen molar-refractivity contribution in [2.45, 2.75) is 386 Å². The van der Waals surface area contributed by atoms with Crippen molar-refractivity contribution in [2.24, 2.45) is 0 Å². The van der Waals surface area contributed by atoms with Crippen LogP contribution < -0.4 is 0 Å². The average Bonchev–Trinajstić information content (AvgIpc) is 3.41. The summed E-state index contributed by atoms with van der Waals surface area (Å²) in [4.78, 5) is 38.3. The monoisotopic (exact) mass is 1050 g/mol. The summed E-state index contributed by atoms with van der Waals surface area (Å²) in [6.07, 6.45) is 77.8. The number of carbonyl (C=O) groups is 3. The molecule has 0 aromatic heterocycles. The molecule has 0 aromatic carbocycles. The summed E-state index contributed by atoms with van der Waals surface area (Å²) in [5.74, 6) is -0.836. The Morgan fingerprint density at radius 3 is 0.733 bits per heavy atom. The van der Waals surface area contributed by atoms with E-state index in [1.165, 1.54) is 276 Å². The van der Waals surface area contributed by atoms with Crippen molar-refractivity contribution >= 4 is 17.9 Å². The lowest BCUT2D eigenvalue weighted by atomic mass is 10.0. The molecule has 0 saturated carbocycles. The molecule has 0 saturated heterocycles. The summed E-state index contributed by atoms with van der Waals surface area (Å²) in [6, 6.07) is 0. The average molecular weight is 1060 g/mol. The van der Waals surface area contributed by atoms with E-state index >= 15 is 0 Å². The fraction of sp³-hybridized carbons (Fsp3) is 0.899. The van der Waals surface area contributed by atoms with Crippen LogP contribution >= 0.6 is 0 Å². The third-order valence-corrected chi connectivity index (χ3v) is 15.5. The molecule has 6 nitrogen and oxygen atoms in total. The molecule has 75 heavy (non-hydrogen) atoms. The maximum absolute atomic E-state index is 12.9. The number of unbranched alkanes of at least 4 members (excludes halogenated alkanes) is 48. The zero-order chi connectivity index (χ0) is 54.3. The molecule has 0 aromatic rings. The van der Waals surface area contributed by atoms with Crippen LogP contribution in [0.1, 0.15) is 380 Å². The van der Waals surface area contributed by atoms with Gasteiger partial charge in [-0.25, -0.2) is 0 Å². The molecule has 0 spiro atoms. The first-order chi connectivity index (χ1) is 37.0. The number of esters is 3. The van der Waals surface area contributed by atoms with E-state index in [0.717, 1.165) is 64.2 Å². The van der Waals surface area contributed by atoms with E-state index in [1.54, 1.807) is 0 Å². The van der Waals surface area contributed by atoms with Gasteiger partial charge in [0, 0.05) is 19.3 Å². The molecule has 0 fully saturated rings. The lowest BCUT2D eigenvalue weighted by Crippen LogP contribution is -2.30. The Kier molecular flexibility index (Phi) is 62.6. The molecule has 0 aliphatic carbocycles. The largest absolute Gasteiger partial charge is 0.462 e. The van der Waals surface area contributed by atoms with Crippen LogP contribution in [0.4, 0.5) is 0 Å². The van der Waals surface area contributed by atoms with Crippen LogP contribution in [0.5, 0.6) is 0 Å². The summed E-state index contributed by atoms with van der Waals surface area (Å²) < 4.78 is 16.9. The van der Waals surface area contributed by atoms with Crippen LogP contribution in [0.3, 0.4) is 0 Å². The molecule has 0 heterocycles. The summed E-state index contributed by atoms with van der Waals surface area (Å²) >= 11 is 0. The smallest absolute Gasteiger partial charge is 0.306 e. The summed E-state index contributed by atoms with van der Waals surface area (Å²) in [7, 11) is 0. The minimum Gasteiger partial charge on any atom is -0.462 e. The Bertz CT molecular complexity index is 1210. The fourth-order valence-corrected chi connectivity index (χ4v) is 10.4. The van der Waals surface area contributed by atoms with Gasteiger partial charge in [0.15, 0.2) is 6.10 Å². The van der Waals surface area contributed by atoms with Crippen molar-refractivity contribution in [3.05, 3.63) is 24.3 Å². The predicted octanol–water partition coefficient (Wildman–Crippen LogP) is 23.0. The van der Waals surface area contributed by atoms with Gasteiger partial charge in [-0.1, -0.05) is 334 Å². The lowest BCUT2D eigenvalue weighted by Gasteiger charge is -2.18. The van der Waals surface area contributed by atoms with Crippen LogP contribution in [0.25, 0.3) is 0 Å². The summed E-state index contributed by atoms with van der Waals surface area (Å²) in [6.45, 7) is 6.69. The van der Waals surface area contributed by atoms with E-state index in [4.69, 9.17) is 14.2 Å². The Morgan fingerprint density at radius 2 is 0.480 bits per heavy atom. The van der Waals surface area contributed by atoms with Gasteiger partial charge in [0.05, 0.1) is 0 Å². The van der Waals surface area contributed by atoms with E-state index < -0.39 is 6.10 Å². The first-order valence-electron chi connectivity index (χ1n) is 33.8. The highest BCUT2D eigenvalue weighted by Gasteiger charge is 2.19. The quantitative estimate of drug-likeness (QED) is 0.0261. The van der Waals surface area contributed by atoms with Crippen LogP contribution in [0.15, 0.2) is 24.3 Å². The Balaban J connectivity index is 4.14. The zero-order valence-corrected chi connectivity index (χ0v) is 50.8. The van der Waals surface area contributed by atoms with Crippen LogP contribution in [0, 0.1) is 0 Å². The molecule has 0 rings (SSSR count). The SMILES string of the molecule is CCCCCCC/C=C\C/C=C\CCCCCCCCCCCCCCCCCC(=O)OCC(COC(=O)CCCCCCCCCCCC)OC(=O)CCCCCCCCCCCCCCCCCCCCCC. The van der Waals surface area contributed by atoms with Crippen molar-refractivity contribution in [2.75, 3.05) is 13.2 Å². The van der Waals surface area contributed by atoms with Gasteiger partial charge < -0.3 is 14.2 Å². The van der Waals surface area contributed by atoms with Gasteiger partial charge in [0.1, 0.15) is 13.2 Å². The summed E-state index contributed by atoms with van der Waals surface area (Å²) in [5, 5.41) is 0. The maximum Gasteiger partial charge on any atom is 0.306 e. The van der Waals surface area contributed by atoms with Crippen LogP contribution in [0.2, 0.25) is 0 Å². The van der Waals surface area contributed by atoms with E-state index in [2.05, 4.69) is 45.1 Å².